The Morgan fingerprint density at radius 3 is 2.53 bits per heavy atom. The van der Waals surface area contributed by atoms with Gasteiger partial charge in [-0.1, -0.05) is 11.3 Å². The number of amides is 1. The predicted octanol–water partition coefficient (Wildman–Crippen LogP) is 3.11. The van der Waals surface area contributed by atoms with Crippen molar-refractivity contribution in [3.63, 3.8) is 0 Å². The van der Waals surface area contributed by atoms with E-state index in [4.69, 9.17) is 0 Å². The van der Waals surface area contributed by atoms with Crippen LogP contribution in [0.3, 0.4) is 0 Å². The fourth-order valence-electron chi connectivity index (χ4n) is 3.36. The smallest absolute Gasteiger partial charge is 0.330 e. The van der Waals surface area contributed by atoms with Gasteiger partial charge in [-0.25, -0.2) is 18.7 Å². The first-order valence-corrected chi connectivity index (χ1v) is 8.77. The lowest BCUT2D eigenvalue weighted by atomic mass is 10.0. The molecule has 3 heterocycles. The van der Waals surface area contributed by atoms with E-state index in [0.29, 0.717) is 17.5 Å². The van der Waals surface area contributed by atoms with Gasteiger partial charge in [-0.2, -0.15) is 17.9 Å². The first-order chi connectivity index (χ1) is 14.2. The molecule has 0 radical (unpaired) electrons. The fourth-order valence-corrected chi connectivity index (χ4v) is 3.36. The van der Waals surface area contributed by atoms with Gasteiger partial charge < -0.3 is 4.90 Å². The van der Waals surface area contributed by atoms with Crippen LogP contribution in [0.2, 0.25) is 0 Å². The number of fused-ring (bicyclic) bond motifs is 1. The number of hydrogen-bond acceptors (Lipinski definition) is 5. The lowest BCUT2D eigenvalue weighted by molar-refractivity contribution is -0.140. The van der Waals surface area contributed by atoms with E-state index in [9.17, 15) is 26.7 Å². The fraction of sp³-hybridized carbons (Fsp3) is 0.278. The van der Waals surface area contributed by atoms with Crippen LogP contribution in [0, 0.1) is 11.6 Å². The zero-order valence-corrected chi connectivity index (χ0v) is 15.4. The van der Waals surface area contributed by atoms with E-state index in [-0.39, 0.29) is 18.9 Å². The molecule has 1 aromatic carbocycles. The third kappa shape index (κ3) is 3.27. The molecule has 0 bridgehead atoms. The molecule has 4 rings (SSSR count). The first-order valence-electron chi connectivity index (χ1n) is 8.77. The molecule has 0 aliphatic carbocycles. The monoisotopic (exact) mass is 424 g/mol. The lowest BCUT2D eigenvalue weighted by Gasteiger charge is -2.32. The molecule has 3 aromatic rings. The molecule has 156 valence electrons. The van der Waals surface area contributed by atoms with Crippen LogP contribution in [0.4, 0.5) is 22.0 Å². The number of carbonyl (C=O) groups is 1. The Bertz CT molecular complexity index is 1110. The van der Waals surface area contributed by atoms with Crippen molar-refractivity contribution >= 4 is 5.91 Å². The van der Waals surface area contributed by atoms with Gasteiger partial charge in [0.2, 0.25) is 0 Å². The zero-order valence-electron chi connectivity index (χ0n) is 15.4. The maximum Gasteiger partial charge on any atom is 0.419 e. The van der Waals surface area contributed by atoms with Crippen LogP contribution >= 0.6 is 0 Å². The van der Waals surface area contributed by atoms with Crippen molar-refractivity contribution in [2.75, 3.05) is 6.54 Å². The summed E-state index contributed by atoms with van der Waals surface area (Å²) in [6.07, 6.45) is -2.76. The average molecular weight is 424 g/mol. The van der Waals surface area contributed by atoms with Crippen molar-refractivity contribution < 1.29 is 26.7 Å². The van der Waals surface area contributed by atoms with Crippen LogP contribution in [-0.2, 0) is 12.6 Å². The lowest BCUT2D eigenvalue weighted by Crippen LogP contribution is -2.40. The van der Waals surface area contributed by atoms with E-state index >= 15 is 0 Å². The Morgan fingerprint density at radius 1 is 1.17 bits per heavy atom. The average Bonchev–Trinajstić information content (AvgIpc) is 3.13. The molecule has 2 aromatic heterocycles. The first kappa shape index (κ1) is 19.9. The third-order valence-electron chi connectivity index (χ3n) is 4.84. The molecular formula is C18H13F5N6O. The van der Waals surface area contributed by atoms with Gasteiger partial charge in [0, 0.05) is 13.0 Å². The molecule has 12 heteroatoms. The summed E-state index contributed by atoms with van der Waals surface area (Å²) in [5.41, 5.74) is -1.23. The number of rotatable bonds is 2. The summed E-state index contributed by atoms with van der Waals surface area (Å²) >= 11 is 0. The predicted molar refractivity (Wildman–Crippen MR) is 91.5 cm³/mol. The standard InChI is InChI=1S/C18H13F5N6O/c1-9-15-13(29(27-26-15)17-24-7-10(19)8-25-17)5-6-28(9)16(30)11-3-2-4-12(14(11)20)18(21,22)23/h2-4,7-9H,5-6H2,1H3/t9-/m0/s1. The summed E-state index contributed by atoms with van der Waals surface area (Å²) in [6.45, 7) is 1.68. The van der Waals surface area contributed by atoms with Crippen LogP contribution in [0.25, 0.3) is 5.95 Å². The molecule has 1 aliphatic rings. The van der Waals surface area contributed by atoms with Gasteiger partial charge in [-0.15, -0.1) is 5.10 Å². The number of alkyl halides is 3. The van der Waals surface area contributed by atoms with Crippen molar-refractivity contribution in [3.05, 3.63) is 64.7 Å². The van der Waals surface area contributed by atoms with Gasteiger partial charge in [0.1, 0.15) is 11.5 Å². The number of aromatic nitrogens is 5. The van der Waals surface area contributed by atoms with Gasteiger partial charge in [0.15, 0.2) is 5.82 Å². The largest absolute Gasteiger partial charge is 0.419 e. The molecule has 0 spiro atoms. The van der Waals surface area contributed by atoms with Crippen LogP contribution < -0.4 is 0 Å². The number of halogens is 5. The minimum atomic E-state index is -4.92. The van der Waals surface area contributed by atoms with E-state index in [0.717, 1.165) is 24.5 Å². The van der Waals surface area contributed by atoms with Crippen molar-refractivity contribution in [1.29, 1.82) is 0 Å². The Labute approximate surface area is 166 Å². The second kappa shape index (κ2) is 7.11. The molecule has 1 atom stereocenters. The van der Waals surface area contributed by atoms with E-state index in [1.165, 1.54) is 9.58 Å². The van der Waals surface area contributed by atoms with Crippen molar-refractivity contribution in [3.8, 4) is 5.95 Å². The maximum absolute atomic E-state index is 14.4. The Morgan fingerprint density at radius 2 is 1.87 bits per heavy atom. The normalized spacial score (nSPS) is 16.5. The highest BCUT2D eigenvalue weighted by Gasteiger charge is 2.38. The highest BCUT2D eigenvalue weighted by atomic mass is 19.4. The third-order valence-corrected chi connectivity index (χ3v) is 4.84. The van der Waals surface area contributed by atoms with Crippen LogP contribution in [0.5, 0.6) is 0 Å². The minimum absolute atomic E-state index is 0.0806. The number of nitrogens with zero attached hydrogens (tertiary/aromatic N) is 6. The molecule has 0 fully saturated rings. The summed E-state index contributed by atoms with van der Waals surface area (Å²) in [6, 6.07) is 1.89. The van der Waals surface area contributed by atoms with E-state index in [2.05, 4.69) is 20.3 Å². The summed E-state index contributed by atoms with van der Waals surface area (Å²) in [5, 5.41) is 7.95. The Balaban J connectivity index is 1.66. The molecule has 0 unspecified atom stereocenters. The molecular weight excluding hydrogens is 411 g/mol. The van der Waals surface area contributed by atoms with Crippen LogP contribution in [-0.4, -0.2) is 42.3 Å². The van der Waals surface area contributed by atoms with Crippen LogP contribution in [0.1, 0.15) is 40.3 Å². The van der Waals surface area contributed by atoms with Gasteiger partial charge in [0.05, 0.1) is 35.3 Å². The molecule has 1 amide bonds. The summed E-state index contributed by atoms with van der Waals surface area (Å²) in [7, 11) is 0. The summed E-state index contributed by atoms with van der Waals surface area (Å²) in [5.74, 6) is -3.04. The van der Waals surface area contributed by atoms with Crippen molar-refractivity contribution in [2.45, 2.75) is 25.6 Å². The quantitative estimate of drug-likeness (QED) is 0.591. The van der Waals surface area contributed by atoms with Gasteiger partial charge in [0.25, 0.3) is 11.9 Å². The van der Waals surface area contributed by atoms with Crippen molar-refractivity contribution in [2.24, 2.45) is 0 Å². The number of carbonyl (C=O) groups excluding carboxylic acids is 1. The van der Waals surface area contributed by atoms with E-state index in [1.54, 1.807) is 6.92 Å². The summed E-state index contributed by atoms with van der Waals surface area (Å²) in [4.78, 5) is 21.7. The maximum atomic E-state index is 14.4. The SMILES string of the molecule is C[C@H]1c2nnn(-c3ncc(F)cn3)c2CCN1C(=O)c1cccc(C(F)(F)F)c1F. The second-order valence-electron chi connectivity index (χ2n) is 6.62. The molecule has 0 N–H and O–H groups in total. The molecule has 0 saturated heterocycles. The van der Waals surface area contributed by atoms with Crippen LogP contribution in [0.15, 0.2) is 30.6 Å². The highest BCUT2D eigenvalue weighted by molar-refractivity contribution is 5.95. The Hall–Kier alpha value is -3.44. The number of benzene rings is 1. The van der Waals surface area contributed by atoms with E-state index in [1.807, 2.05) is 0 Å². The molecule has 30 heavy (non-hydrogen) atoms. The molecule has 0 saturated carbocycles. The molecule has 1 aliphatic heterocycles. The van der Waals surface area contributed by atoms with E-state index < -0.39 is 40.9 Å². The topological polar surface area (TPSA) is 76.8 Å². The highest BCUT2D eigenvalue weighted by Crippen LogP contribution is 2.34. The number of hydrogen-bond donors (Lipinski definition) is 0. The Kier molecular flexibility index (Phi) is 4.71. The van der Waals surface area contributed by atoms with Gasteiger partial charge in [-0.3, -0.25) is 4.79 Å². The van der Waals surface area contributed by atoms with Crippen molar-refractivity contribution in [1.82, 2.24) is 29.9 Å². The second-order valence-corrected chi connectivity index (χ2v) is 6.62. The summed E-state index contributed by atoms with van der Waals surface area (Å²) < 4.78 is 67.7. The minimum Gasteiger partial charge on any atom is -0.330 e. The molecule has 7 nitrogen and oxygen atoms in total. The van der Waals surface area contributed by atoms with Gasteiger partial charge >= 0.3 is 6.18 Å². The zero-order chi connectivity index (χ0) is 21.6. The van der Waals surface area contributed by atoms with Gasteiger partial charge in [-0.05, 0) is 19.1 Å².